The van der Waals surface area contributed by atoms with Gasteiger partial charge in [-0.1, -0.05) is 36.8 Å². The van der Waals surface area contributed by atoms with Crippen LogP contribution in [0.25, 0.3) is 0 Å². The van der Waals surface area contributed by atoms with Crippen molar-refractivity contribution in [3.8, 4) is 0 Å². The third-order valence-electron chi connectivity index (χ3n) is 3.76. The molecule has 2 aromatic rings. The number of hydrogen-bond donors (Lipinski definition) is 3. The number of carbonyl (C=O) groups excluding carboxylic acids is 1. The van der Waals surface area contributed by atoms with Gasteiger partial charge < -0.3 is 15.7 Å². The lowest BCUT2D eigenvalue weighted by Gasteiger charge is -2.19. The second kappa shape index (κ2) is 7.78. The van der Waals surface area contributed by atoms with Crippen molar-refractivity contribution in [3.63, 3.8) is 0 Å². The molecule has 0 saturated heterocycles. The molecule has 0 fully saturated rings. The zero-order chi connectivity index (χ0) is 16.8. The first kappa shape index (κ1) is 17.0. The molecule has 0 aliphatic carbocycles. The van der Waals surface area contributed by atoms with Crippen LogP contribution < -0.4 is 10.6 Å². The van der Waals surface area contributed by atoms with E-state index < -0.39 is 6.10 Å². The molecular weight excluding hydrogens is 292 g/mol. The number of aromatic nitrogens is 2. The molecule has 0 radical (unpaired) electrons. The molecule has 6 nitrogen and oxygen atoms in total. The molecule has 0 unspecified atom stereocenters. The molecule has 2 rings (SSSR count). The van der Waals surface area contributed by atoms with Gasteiger partial charge in [0.2, 0.25) is 0 Å². The van der Waals surface area contributed by atoms with Crippen LogP contribution in [-0.2, 0) is 7.05 Å². The molecule has 124 valence electrons. The third kappa shape index (κ3) is 4.82. The molecular formula is C17H24N4O2. The summed E-state index contributed by atoms with van der Waals surface area (Å²) in [7, 11) is 1.78. The van der Waals surface area contributed by atoms with E-state index in [2.05, 4.69) is 15.7 Å². The number of urea groups is 1. The predicted molar refractivity (Wildman–Crippen MR) is 88.9 cm³/mol. The number of benzene rings is 1. The Kier molecular flexibility index (Phi) is 5.76. The second-order valence-electron chi connectivity index (χ2n) is 5.69. The van der Waals surface area contributed by atoms with Gasteiger partial charge in [-0.3, -0.25) is 4.68 Å². The minimum atomic E-state index is -0.770. The van der Waals surface area contributed by atoms with Crippen molar-refractivity contribution >= 4 is 6.03 Å². The number of rotatable bonds is 6. The number of amides is 2. The molecule has 0 saturated carbocycles. The van der Waals surface area contributed by atoms with Crippen LogP contribution in [-0.4, -0.2) is 27.5 Å². The maximum absolute atomic E-state index is 12.0. The number of aliphatic hydroxyl groups excluding tert-OH is 1. The monoisotopic (exact) mass is 316 g/mol. The summed E-state index contributed by atoms with van der Waals surface area (Å²) in [6.45, 7) is 4.20. The van der Waals surface area contributed by atoms with E-state index in [1.807, 2.05) is 38.1 Å². The molecule has 0 aliphatic rings. The van der Waals surface area contributed by atoms with Crippen LogP contribution in [0.3, 0.4) is 0 Å². The lowest BCUT2D eigenvalue weighted by molar-refractivity contribution is 0.172. The minimum Gasteiger partial charge on any atom is -0.386 e. The lowest BCUT2D eigenvalue weighted by Crippen LogP contribution is -2.39. The average Bonchev–Trinajstić information content (AvgIpc) is 2.98. The van der Waals surface area contributed by atoms with Gasteiger partial charge in [-0.15, -0.1) is 0 Å². The Morgan fingerprint density at radius 3 is 2.57 bits per heavy atom. The van der Waals surface area contributed by atoms with Crippen LogP contribution in [0.1, 0.15) is 42.2 Å². The zero-order valence-electron chi connectivity index (χ0n) is 13.8. The van der Waals surface area contributed by atoms with Crippen LogP contribution in [0, 0.1) is 6.92 Å². The van der Waals surface area contributed by atoms with Gasteiger partial charge in [0.05, 0.1) is 18.3 Å². The average molecular weight is 316 g/mol. The van der Waals surface area contributed by atoms with E-state index in [0.29, 0.717) is 5.56 Å². The Balaban J connectivity index is 1.86. The van der Waals surface area contributed by atoms with Gasteiger partial charge in [-0.25, -0.2) is 4.79 Å². The van der Waals surface area contributed by atoms with E-state index in [9.17, 15) is 9.90 Å². The van der Waals surface area contributed by atoms with Gasteiger partial charge in [0.1, 0.15) is 0 Å². The van der Waals surface area contributed by atoms with Gasteiger partial charge in [0, 0.05) is 25.4 Å². The van der Waals surface area contributed by atoms with Crippen molar-refractivity contribution in [1.82, 2.24) is 20.4 Å². The highest BCUT2D eigenvalue weighted by Gasteiger charge is 2.15. The van der Waals surface area contributed by atoms with E-state index in [1.165, 1.54) is 5.56 Å². The summed E-state index contributed by atoms with van der Waals surface area (Å²) >= 11 is 0. The van der Waals surface area contributed by atoms with E-state index in [-0.39, 0.29) is 18.6 Å². The van der Waals surface area contributed by atoms with Crippen LogP contribution in [0.2, 0.25) is 0 Å². The van der Waals surface area contributed by atoms with Gasteiger partial charge in [-0.05, 0) is 18.9 Å². The van der Waals surface area contributed by atoms with Gasteiger partial charge in [0.25, 0.3) is 0 Å². The van der Waals surface area contributed by atoms with Crippen molar-refractivity contribution in [3.05, 3.63) is 53.3 Å². The summed E-state index contributed by atoms with van der Waals surface area (Å²) in [4.78, 5) is 12.0. The maximum atomic E-state index is 12.0. The van der Waals surface area contributed by atoms with Crippen LogP contribution in [0.5, 0.6) is 0 Å². The number of hydrogen-bond acceptors (Lipinski definition) is 3. The Morgan fingerprint density at radius 2 is 2.00 bits per heavy atom. The molecule has 1 heterocycles. The van der Waals surface area contributed by atoms with E-state index >= 15 is 0 Å². The quantitative estimate of drug-likeness (QED) is 0.764. The Bertz CT molecular complexity index is 636. The summed E-state index contributed by atoms with van der Waals surface area (Å²) in [5.41, 5.74) is 2.94. The summed E-state index contributed by atoms with van der Waals surface area (Å²) < 4.78 is 1.61. The minimum absolute atomic E-state index is 0.0499. The fourth-order valence-electron chi connectivity index (χ4n) is 2.35. The summed E-state index contributed by atoms with van der Waals surface area (Å²) in [6.07, 6.45) is 3.34. The first-order valence-electron chi connectivity index (χ1n) is 7.77. The number of nitrogens with zero attached hydrogens (tertiary/aromatic N) is 2. The molecule has 0 aliphatic heterocycles. The highest BCUT2D eigenvalue weighted by atomic mass is 16.3. The van der Waals surface area contributed by atoms with E-state index in [4.69, 9.17) is 0 Å². The van der Waals surface area contributed by atoms with Crippen molar-refractivity contribution in [2.24, 2.45) is 7.05 Å². The molecule has 6 heteroatoms. The molecule has 0 spiro atoms. The Morgan fingerprint density at radius 1 is 1.30 bits per heavy atom. The fraction of sp³-hybridized carbons (Fsp3) is 0.412. The first-order valence-corrected chi connectivity index (χ1v) is 7.77. The molecule has 23 heavy (non-hydrogen) atoms. The SMILES string of the molecule is CC[C@H](NC(=O)NC[C@H](O)c1cnn(C)c1)c1ccc(C)cc1. The fourth-order valence-corrected chi connectivity index (χ4v) is 2.35. The van der Waals surface area contributed by atoms with Crippen molar-refractivity contribution < 1.29 is 9.90 Å². The summed E-state index contributed by atoms with van der Waals surface area (Å²) in [5, 5.41) is 19.7. The Labute approximate surface area is 136 Å². The largest absolute Gasteiger partial charge is 0.386 e. The second-order valence-corrected chi connectivity index (χ2v) is 5.69. The standard InChI is InChI=1S/C17H24N4O2/c1-4-15(13-7-5-12(2)6-8-13)20-17(23)18-10-16(22)14-9-19-21(3)11-14/h5-9,11,15-16,22H,4,10H2,1-3H3,(H2,18,20,23)/t15-,16-/m0/s1. The van der Waals surface area contributed by atoms with E-state index in [0.717, 1.165) is 12.0 Å². The van der Waals surface area contributed by atoms with Crippen LogP contribution in [0.15, 0.2) is 36.7 Å². The summed E-state index contributed by atoms with van der Waals surface area (Å²) in [5.74, 6) is 0. The van der Waals surface area contributed by atoms with Crippen LogP contribution >= 0.6 is 0 Å². The van der Waals surface area contributed by atoms with Gasteiger partial charge >= 0.3 is 6.03 Å². The van der Waals surface area contributed by atoms with Crippen molar-refractivity contribution in [1.29, 1.82) is 0 Å². The van der Waals surface area contributed by atoms with Gasteiger partial charge in [-0.2, -0.15) is 5.10 Å². The lowest BCUT2D eigenvalue weighted by atomic mass is 10.0. The number of aryl methyl sites for hydroxylation is 2. The first-order chi connectivity index (χ1) is 11.0. The van der Waals surface area contributed by atoms with Gasteiger partial charge in [0.15, 0.2) is 0 Å². The third-order valence-corrected chi connectivity index (χ3v) is 3.76. The Hall–Kier alpha value is -2.34. The molecule has 1 aromatic carbocycles. The smallest absolute Gasteiger partial charge is 0.315 e. The molecule has 1 aromatic heterocycles. The number of aliphatic hydroxyl groups is 1. The molecule has 2 atom stereocenters. The highest BCUT2D eigenvalue weighted by molar-refractivity contribution is 5.74. The number of carbonyl (C=O) groups is 1. The molecule has 3 N–H and O–H groups in total. The van der Waals surface area contributed by atoms with Crippen molar-refractivity contribution in [2.75, 3.05) is 6.54 Å². The predicted octanol–water partition coefficient (Wildman–Crippen LogP) is 2.21. The van der Waals surface area contributed by atoms with Crippen molar-refractivity contribution in [2.45, 2.75) is 32.4 Å². The van der Waals surface area contributed by atoms with Crippen LogP contribution in [0.4, 0.5) is 4.79 Å². The summed E-state index contributed by atoms with van der Waals surface area (Å²) in [6, 6.07) is 7.77. The zero-order valence-corrected chi connectivity index (χ0v) is 13.8. The molecule has 2 amide bonds. The topological polar surface area (TPSA) is 79.2 Å². The normalized spacial score (nSPS) is 13.4. The maximum Gasteiger partial charge on any atom is 0.315 e. The highest BCUT2D eigenvalue weighted by Crippen LogP contribution is 2.17. The number of nitrogens with one attached hydrogen (secondary N) is 2. The molecule has 0 bridgehead atoms. The van der Waals surface area contributed by atoms with E-state index in [1.54, 1.807) is 24.1 Å².